The van der Waals surface area contributed by atoms with E-state index >= 15 is 0 Å². The summed E-state index contributed by atoms with van der Waals surface area (Å²) in [6.07, 6.45) is 8.09. The zero-order chi connectivity index (χ0) is 12.1. The number of aliphatic hydroxyl groups excluding tert-OH is 1. The standard InChI is InChI=1S/C16H22O/c1-2-3-4-9-16(17)15-11-10-13-7-5-6-8-14(13)12-15/h2,5-8,15-17H,1,3-4,9-12H2. The minimum absolute atomic E-state index is 0.136. The summed E-state index contributed by atoms with van der Waals surface area (Å²) in [6, 6.07) is 8.64. The summed E-state index contributed by atoms with van der Waals surface area (Å²) < 4.78 is 0. The molecule has 0 radical (unpaired) electrons. The topological polar surface area (TPSA) is 20.2 Å². The third-order valence-electron chi connectivity index (χ3n) is 3.84. The second kappa shape index (κ2) is 6.02. The molecule has 0 spiro atoms. The van der Waals surface area contributed by atoms with Crippen molar-refractivity contribution in [1.29, 1.82) is 0 Å². The van der Waals surface area contributed by atoms with E-state index in [1.807, 2.05) is 6.08 Å². The van der Waals surface area contributed by atoms with Gasteiger partial charge in [0, 0.05) is 0 Å². The summed E-state index contributed by atoms with van der Waals surface area (Å²) in [4.78, 5) is 0. The average molecular weight is 230 g/mol. The first-order valence-electron chi connectivity index (χ1n) is 6.67. The first-order valence-corrected chi connectivity index (χ1v) is 6.67. The van der Waals surface area contributed by atoms with Crippen LogP contribution in [0.15, 0.2) is 36.9 Å². The quantitative estimate of drug-likeness (QED) is 0.606. The molecule has 0 amide bonds. The van der Waals surface area contributed by atoms with E-state index in [9.17, 15) is 5.11 Å². The van der Waals surface area contributed by atoms with E-state index in [4.69, 9.17) is 0 Å². The molecule has 0 heterocycles. The SMILES string of the molecule is C=CCCCC(O)C1CCc2ccccc2C1. The maximum atomic E-state index is 10.2. The normalized spacial score (nSPS) is 20.6. The number of benzene rings is 1. The van der Waals surface area contributed by atoms with Gasteiger partial charge in [-0.3, -0.25) is 0 Å². The molecule has 1 aliphatic rings. The minimum Gasteiger partial charge on any atom is -0.393 e. The summed E-state index contributed by atoms with van der Waals surface area (Å²) in [5.74, 6) is 0.453. The van der Waals surface area contributed by atoms with Gasteiger partial charge in [0.15, 0.2) is 0 Å². The number of aryl methyl sites for hydroxylation is 1. The van der Waals surface area contributed by atoms with Crippen molar-refractivity contribution in [1.82, 2.24) is 0 Å². The Hall–Kier alpha value is -1.08. The largest absolute Gasteiger partial charge is 0.393 e. The molecule has 1 N–H and O–H groups in total. The molecule has 0 fully saturated rings. The van der Waals surface area contributed by atoms with E-state index < -0.39 is 0 Å². The second-order valence-electron chi connectivity index (χ2n) is 5.06. The van der Waals surface area contributed by atoms with Gasteiger partial charge in [-0.25, -0.2) is 0 Å². The van der Waals surface area contributed by atoms with Gasteiger partial charge in [0.1, 0.15) is 0 Å². The van der Waals surface area contributed by atoms with E-state index in [2.05, 4.69) is 30.8 Å². The van der Waals surface area contributed by atoms with Crippen LogP contribution in [0.1, 0.15) is 36.8 Å². The molecule has 2 rings (SSSR count). The first-order chi connectivity index (χ1) is 8.31. The van der Waals surface area contributed by atoms with Crippen LogP contribution in [0.25, 0.3) is 0 Å². The second-order valence-corrected chi connectivity index (χ2v) is 5.06. The van der Waals surface area contributed by atoms with Gasteiger partial charge >= 0.3 is 0 Å². The van der Waals surface area contributed by atoms with Crippen LogP contribution in [0.3, 0.4) is 0 Å². The fraction of sp³-hybridized carbons (Fsp3) is 0.500. The Bertz CT molecular complexity index is 370. The summed E-state index contributed by atoms with van der Waals surface area (Å²) in [5.41, 5.74) is 2.91. The Morgan fingerprint density at radius 3 is 2.88 bits per heavy atom. The predicted octanol–water partition coefficient (Wildman–Crippen LogP) is 3.51. The summed E-state index contributed by atoms with van der Waals surface area (Å²) in [5, 5.41) is 10.2. The lowest BCUT2D eigenvalue weighted by atomic mass is 9.80. The van der Waals surface area contributed by atoms with Crippen LogP contribution in [-0.2, 0) is 12.8 Å². The molecule has 17 heavy (non-hydrogen) atoms. The molecule has 2 unspecified atom stereocenters. The predicted molar refractivity (Wildman–Crippen MR) is 72.0 cm³/mol. The average Bonchev–Trinajstić information content (AvgIpc) is 2.38. The number of hydrogen-bond donors (Lipinski definition) is 1. The zero-order valence-electron chi connectivity index (χ0n) is 10.4. The maximum absolute atomic E-state index is 10.2. The van der Waals surface area contributed by atoms with Gasteiger partial charge in [-0.05, 0) is 55.6 Å². The van der Waals surface area contributed by atoms with Gasteiger partial charge in [-0.2, -0.15) is 0 Å². The monoisotopic (exact) mass is 230 g/mol. The van der Waals surface area contributed by atoms with Crippen LogP contribution >= 0.6 is 0 Å². The fourth-order valence-corrected chi connectivity index (χ4v) is 2.76. The van der Waals surface area contributed by atoms with Crippen molar-refractivity contribution in [3.05, 3.63) is 48.0 Å². The van der Waals surface area contributed by atoms with E-state index in [1.54, 1.807) is 0 Å². The van der Waals surface area contributed by atoms with Gasteiger partial charge in [0.05, 0.1) is 6.10 Å². The van der Waals surface area contributed by atoms with Crippen LogP contribution in [0, 0.1) is 5.92 Å². The molecule has 2 atom stereocenters. The van der Waals surface area contributed by atoms with Gasteiger partial charge in [-0.1, -0.05) is 30.3 Å². The lowest BCUT2D eigenvalue weighted by Crippen LogP contribution is -2.26. The fourth-order valence-electron chi connectivity index (χ4n) is 2.76. The van der Waals surface area contributed by atoms with Crippen molar-refractivity contribution in [2.24, 2.45) is 5.92 Å². The van der Waals surface area contributed by atoms with Crippen molar-refractivity contribution in [2.75, 3.05) is 0 Å². The van der Waals surface area contributed by atoms with E-state index in [-0.39, 0.29) is 6.10 Å². The van der Waals surface area contributed by atoms with Crippen molar-refractivity contribution >= 4 is 0 Å². The summed E-state index contributed by atoms with van der Waals surface area (Å²) >= 11 is 0. The van der Waals surface area contributed by atoms with Crippen LogP contribution in [0.2, 0.25) is 0 Å². The van der Waals surface area contributed by atoms with E-state index in [0.29, 0.717) is 5.92 Å². The number of rotatable bonds is 5. The Kier molecular flexibility index (Phi) is 4.38. The number of fused-ring (bicyclic) bond motifs is 1. The molecule has 1 aromatic rings. The Morgan fingerprint density at radius 1 is 1.35 bits per heavy atom. The molecule has 1 heteroatoms. The lowest BCUT2D eigenvalue weighted by Gasteiger charge is -2.28. The number of hydrogen-bond acceptors (Lipinski definition) is 1. The van der Waals surface area contributed by atoms with Crippen molar-refractivity contribution in [3.63, 3.8) is 0 Å². The number of aliphatic hydroxyl groups is 1. The Balaban J connectivity index is 1.90. The zero-order valence-corrected chi connectivity index (χ0v) is 10.4. The molecule has 0 saturated heterocycles. The molecular weight excluding hydrogens is 208 g/mol. The minimum atomic E-state index is -0.136. The van der Waals surface area contributed by atoms with E-state index in [0.717, 1.165) is 38.5 Å². The van der Waals surface area contributed by atoms with Crippen LogP contribution in [-0.4, -0.2) is 11.2 Å². The first kappa shape index (κ1) is 12.4. The summed E-state index contributed by atoms with van der Waals surface area (Å²) in [6.45, 7) is 3.72. The molecule has 1 aliphatic carbocycles. The Morgan fingerprint density at radius 2 is 2.12 bits per heavy atom. The highest BCUT2D eigenvalue weighted by Crippen LogP contribution is 2.29. The molecule has 92 valence electrons. The lowest BCUT2D eigenvalue weighted by molar-refractivity contribution is 0.0891. The van der Waals surface area contributed by atoms with Gasteiger partial charge < -0.3 is 5.11 Å². The van der Waals surface area contributed by atoms with E-state index in [1.165, 1.54) is 11.1 Å². The summed E-state index contributed by atoms with van der Waals surface area (Å²) in [7, 11) is 0. The highest BCUT2D eigenvalue weighted by Gasteiger charge is 2.23. The highest BCUT2D eigenvalue weighted by molar-refractivity contribution is 5.29. The third kappa shape index (κ3) is 3.19. The smallest absolute Gasteiger partial charge is 0.0571 e. The van der Waals surface area contributed by atoms with Crippen molar-refractivity contribution < 1.29 is 5.11 Å². The molecule has 0 bridgehead atoms. The molecule has 1 nitrogen and oxygen atoms in total. The van der Waals surface area contributed by atoms with Gasteiger partial charge in [-0.15, -0.1) is 6.58 Å². The van der Waals surface area contributed by atoms with Crippen molar-refractivity contribution in [2.45, 2.75) is 44.6 Å². The molecule has 0 aromatic heterocycles. The van der Waals surface area contributed by atoms with Gasteiger partial charge in [0.25, 0.3) is 0 Å². The van der Waals surface area contributed by atoms with Crippen molar-refractivity contribution in [3.8, 4) is 0 Å². The maximum Gasteiger partial charge on any atom is 0.0571 e. The molecule has 0 saturated carbocycles. The Labute approximate surface area is 104 Å². The molecule has 0 aliphatic heterocycles. The molecular formula is C16H22O. The van der Waals surface area contributed by atoms with Crippen LogP contribution in [0.5, 0.6) is 0 Å². The third-order valence-corrected chi connectivity index (χ3v) is 3.84. The van der Waals surface area contributed by atoms with Crippen LogP contribution in [0.4, 0.5) is 0 Å². The number of allylic oxidation sites excluding steroid dienone is 1. The van der Waals surface area contributed by atoms with Gasteiger partial charge in [0.2, 0.25) is 0 Å². The highest BCUT2D eigenvalue weighted by atomic mass is 16.3. The number of unbranched alkanes of at least 4 members (excludes halogenated alkanes) is 1. The molecule has 1 aromatic carbocycles. The van der Waals surface area contributed by atoms with Crippen LogP contribution < -0.4 is 0 Å².